The van der Waals surface area contributed by atoms with Gasteiger partial charge in [-0.2, -0.15) is 0 Å². The van der Waals surface area contributed by atoms with Crippen LogP contribution in [0.15, 0.2) is 16.9 Å². The van der Waals surface area contributed by atoms with Crippen LogP contribution >= 0.6 is 0 Å². The normalized spacial score (nSPS) is 11.1. The SMILES string of the molecule is C=N/C=C(\C)N(C)C. The molecule has 0 rings (SSSR count). The fourth-order valence-electron chi connectivity index (χ4n) is 0.248. The lowest BCUT2D eigenvalue weighted by Gasteiger charge is -2.09. The van der Waals surface area contributed by atoms with E-state index in [1.54, 1.807) is 6.20 Å². The maximum Gasteiger partial charge on any atom is 0.0449 e. The summed E-state index contributed by atoms with van der Waals surface area (Å²) in [6.07, 6.45) is 1.72. The molecule has 0 saturated heterocycles. The molecule has 0 aliphatic carbocycles. The highest BCUT2D eigenvalue weighted by Crippen LogP contribution is 1.93. The molecule has 0 spiro atoms. The van der Waals surface area contributed by atoms with Gasteiger partial charge in [-0.1, -0.05) is 0 Å². The van der Waals surface area contributed by atoms with Crippen molar-refractivity contribution in [3.8, 4) is 0 Å². The number of nitrogens with zero attached hydrogens (tertiary/aromatic N) is 2. The van der Waals surface area contributed by atoms with Gasteiger partial charge in [0.25, 0.3) is 0 Å². The molecule has 0 atom stereocenters. The summed E-state index contributed by atoms with van der Waals surface area (Å²) in [5.41, 5.74) is 1.11. The molecule has 2 heteroatoms. The molecule has 0 aliphatic rings. The summed E-state index contributed by atoms with van der Waals surface area (Å²) >= 11 is 0. The van der Waals surface area contributed by atoms with E-state index in [9.17, 15) is 0 Å². The molecule has 0 saturated carbocycles. The molecular weight excluding hydrogens is 100 g/mol. The first-order valence-electron chi connectivity index (χ1n) is 2.48. The van der Waals surface area contributed by atoms with E-state index in [4.69, 9.17) is 0 Å². The van der Waals surface area contributed by atoms with Gasteiger partial charge in [0.05, 0.1) is 0 Å². The molecule has 2 nitrogen and oxygen atoms in total. The van der Waals surface area contributed by atoms with Crippen LogP contribution < -0.4 is 0 Å². The highest BCUT2D eigenvalue weighted by molar-refractivity contribution is 5.26. The van der Waals surface area contributed by atoms with Crippen molar-refractivity contribution in [1.82, 2.24) is 4.90 Å². The van der Waals surface area contributed by atoms with Crippen molar-refractivity contribution in [1.29, 1.82) is 0 Å². The lowest BCUT2D eigenvalue weighted by Crippen LogP contribution is -2.07. The number of rotatable bonds is 2. The Morgan fingerprint density at radius 3 is 2.25 bits per heavy atom. The van der Waals surface area contributed by atoms with E-state index in [2.05, 4.69) is 11.7 Å². The minimum atomic E-state index is 1.11. The lowest BCUT2D eigenvalue weighted by atomic mass is 10.5. The van der Waals surface area contributed by atoms with Crippen LogP contribution in [0.25, 0.3) is 0 Å². The second kappa shape index (κ2) is 3.24. The summed E-state index contributed by atoms with van der Waals surface area (Å²) in [5.74, 6) is 0. The number of aliphatic imine (C=N–C) groups is 1. The van der Waals surface area contributed by atoms with E-state index in [0.29, 0.717) is 0 Å². The maximum absolute atomic E-state index is 3.60. The molecule has 0 aromatic carbocycles. The summed E-state index contributed by atoms with van der Waals surface area (Å²) in [6, 6.07) is 0. The van der Waals surface area contributed by atoms with Gasteiger partial charge in [-0.25, -0.2) is 0 Å². The third kappa shape index (κ3) is 2.39. The van der Waals surface area contributed by atoms with Crippen LogP contribution in [0.3, 0.4) is 0 Å². The van der Waals surface area contributed by atoms with Crippen molar-refractivity contribution in [3.05, 3.63) is 11.9 Å². The van der Waals surface area contributed by atoms with Crippen LogP contribution in [0.4, 0.5) is 0 Å². The fraction of sp³-hybridized carbons (Fsp3) is 0.500. The Morgan fingerprint density at radius 2 is 2.12 bits per heavy atom. The number of allylic oxidation sites excluding steroid dienone is 1. The quantitative estimate of drug-likeness (QED) is 0.488. The number of hydrogen-bond donors (Lipinski definition) is 0. The first-order valence-corrected chi connectivity index (χ1v) is 2.48. The zero-order valence-corrected chi connectivity index (χ0v) is 5.68. The second-order valence-corrected chi connectivity index (χ2v) is 1.85. The van der Waals surface area contributed by atoms with Crippen LogP contribution in [-0.4, -0.2) is 25.7 Å². The minimum Gasteiger partial charge on any atom is -0.380 e. The van der Waals surface area contributed by atoms with Crippen LogP contribution in [0, 0.1) is 0 Å². The van der Waals surface area contributed by atoms with Gasteiger partial charge in [0.2, 0.25) is 0 Å². The van der Waals surface area contributed by atoms with Gasteiger partial charge in [-0.15, -0.1) is 0 Å². The minimum absolute atomic E-state index is 1.11. The van der Waals surface area contributed by atoms with Crippen molar-refractivity contribution in [2.45, 2.75) is 6.92 Å². The molecule has 0 N–H and O–H groups in total. The zero-order chi connectivity index (χ0) is 6.57. The average molecular weight is 112 g/mol. The molecule has 0 radical (unpaired) electrons. The van der Waals surface area contributed by atoms with Crippen LogP contribution in [0.2, 0.25) is 0 Å². The molecule has 0 aliphatic heterocycles. The molecule has 0 aromatic heterocycles. The van der Waals surface area contributed by atoms with Crippen molar-refractivity contribution < 1.29 is 0 Å². The van der Waals surface area contributed by atoms with Crippen LogP contribution in [-0.2, 0) is 0 Å². The van der Waals surface area contributed by atoms with Crippen molar-refractivity contribution in [2.75, 3.05) is 14.1 Å². The molecule has 0 bridgehead atoms. The molecule has 0 heterocycles. The standard InChI is InChI=1S/C6H12N2/c1-6(5-7-2)8(3)4/h5H,2H2,1,3-4H3/b6-5+. The van der Waals surface area contributed by atoms with E-state index in [1.165, 1.54) is 0 Å². The van der Waals surface area contributed by atoms with Gasteiger partial charge in [0.1, 0.15) is 0 Å². The van der Waals surface area contributed by atoms with E-state index < -0.39 is 0 Å². The topological polar surface area (TPSA) is 15.6 Å². The van der Waals surface area contributed by atoms with Crippen molar-refractivity contribution in [2.24, 2.45) is 4.99 Å². The molecule has 8 heavy (non-hydrogen) atoms. The first kappa shape index (κ1) is 7.21. The Kier molecular flexibility index (Phi) is 2.92. The van der Waals surface area contributed by atoms with E-state index in [0.717, 1.165) is 5.70 Å². The molecule has 0 fully saturated rings. The Balaban J connectivity index is 3.78. The molecular formula is C6H12N2. The monoisotopic (exact) mass is 112 g/mol. The van der Waals surface area contributed by atoms with Gasteiger partial charge in [0, 0.05) is 26.0 Å². The second-order valence-electron chi connectivity index (χ2n) is 1.85. The summed E-state index contributed by atoms with van der Waals surface area (Å²) in [5, 5.41) is 0. The fourth-order valence-corrected chi connectivity index (χ4v) is 0.248. The van der Waals surface area contributed by atoms with Gasteiger partial charge in [-0.3, -0.25) is 4.99 Å². The van der Waals surface area contributed by atoms with E-state index >= 15 is 0 Å². The lowest BCUT2D eigenvalue weighted by molar-refractivity contribution is 0.512. The maximum atomic E-state index is 3.60. The Morgan fingerprint density at radius 1 is 1.62 bits per heavy atom. The van der Waals surface area contributed by atoms with Gasteiger partial charge in [-0.05, 0) is 13.6 Å². The number of hydrogen-bond acceptors (Lipinski definition) is 2. The highest BCUT2D eigenvalue weighted by Gasteiger charge is 1.85. The highest BCUT2D eigenvalue weighted by atomic mass is 15.1. The summed E-state index contributed by atoms with van der Waals surface area (Å²) < 4.78 is 0. The van der Waals surface area contributed by atoms with Crippen molar-refractivity contribution >= 4 is 6.72 Å². The predicted molar refractivity (Wildman–Crippen MR) is 37.0 cm³/mol. The van der Waals surface area contributed by atoms with E-state index in [-0.39, 0.29) is 0 Å². The predicted octanol–water partition coefficient (Wildman–Crippen LogP) is 1.11. The Labute approximate surface area is 50.5 Å². The van der Waals surface area contributed by atoms with Crippen molar-refractivity contribution in [3.63, 3.8) is 0 Å². The zero-order valence-electron chi connectivity index (χ0n) is 5.68. The Hall–Kier alpha value is -0.790. The van der Waals surface area contributed by atoms with Gasteiger partial charge < -0.3 is 4.90 Å². The van der Waals surface area contributed by atoms with Crippen LogP contribution in [0.1, 0.15) is 6.92 Å². The molecule has 0 unspecified atom stereocenters. The third-order valence-corrected chi connectivity index (χ3v) is 0.984. The molecule has 46 valence electrons. The van der Waals surface area contributed by atoms with Crippen LogP contribution in [0.5, 0.6) is 0 Å². The van der Waals surface area contributed by atoms with Gasteiger partial charge in [0.15, 0.2) is 0 Å². The van der Waals surface area contributed by atoms with E-state index in [1.807, 2.05) is 25.9 Å². The molecule has 0 amide bonds. The van der Waals surface area contributed by atoms with Gasteiger partial charge >= 0.3 is 0 Å². The summed E-state index contributed by atoms with van der Waals surface area (Å²) in [6.45, 7) is 5.31. The smallest absolute Gasteiger partial charge is 0.0449 e. The average Bonchev–Trinajstić information content (AvgIpc) is 1.67. The Bertz CT molecular complexity index is 103. The summed E-state index contributed by atoms with van der Waals surface area (Å²) in [7, 11) is 3.94. The first-order chi connectivity index (χ1) is 3.68. The third-order valence-electron chi connectivity index (χ3n) is 0.984. The molecule has 0 aromatic rings. The largest absolute Gasteiger partial charge is 0.380 e. The summed E-state index contributed by atoms with van der Waals surface area (Å²) in [4.78, 5) is 5.58.